The zero-order chi connectivity index (χ0) is 16.3. The van der Waals surface area contributed by atoms with E-state index in [0.717, 1.165) is 32.5 Å². The molecule has 2 aliphatic heterocycles. The molecule has 2 heterocycles. The minimum atomic E-state index is -2.88. The lowest BCUT2D eigenvalue weighted by atomic mass is 10.0. The van der Waals surface area contributed by atoms with Crippen LogP contribution in [0.3, 0.4) is 0 Å². The van der Waals surface area contributed by atoms with Crippen LogP contribution < -0.4 is 5.32 Å². The van der Waals surface area contributed by atoms with Crippen LogP contribution >= 0.6 is 0 Å². The first-order valence-electron chi connectivity index (χ1n) is 8.77. The van der Waals surface area contributed by atoms with Crippen LogP contribution in [0.15, 0.2) is 24.3 Å². The predicted molar refractivity (Wildman–Crippen MR) is 94.5 cm³/mol. The van der Waals surface area contributed by atoms with Crippen molar-refractivity contribution in [1.29, 1.82) is 0 Å². The van der Waals surface area contributed by atoms with Crippen molar-refractivity contribution in [3.05, 3.63) is 35.4 Å². The van der Waals surface area contributed by atoms with Crippen molar-refractivity contribution in [3.8, 4) is 0 Å². The molecular weight excluding hydrogens is 308 g/mol. The van der Waals surface area contributed by atoms with Crippen molar-refractivity contribution >= 4 is 9.84 Å². The number of nitrogens with zero attached hydrogens (tertiary/aromatic N) is 1. The number of aryl methyl sites for hydroxylation is 2. The second-order valence-electron chi connectivity index (χ2n) is 6.98. The first kappa shape index (κ1) is 16.9. The van der Waals surface area contributed by atoms with Gasteiger partial charge in [-0.25, -0.2) is 8.42 Å². The lowest BCUT2D eigenvalue weighted by molar-refractivity contribution is 0.226. The van der Waals surface area contributed by atoms with E-state index < -0.39 is 9.84 Å². The third-order valence-electron chi connectivity index (χ3n) is 5.22. The molecule has 128 valence electrons. The zero-order valence-corrected chi connectivity index (χ0v) is 14.8. The average molecular weight is 337 g/mol. The fraction of sp³-hybridized carbons (Fsp3) is 0.667. The molecule has 0 saturated carbocycles. The van der Waals surface area contributed by atoms with E-state index in [9.17, 15) is 8.42 Å². The van der Waals surface area contributed by atoms with Gasteiger partial charge in [0, 0.05) is 12.1 Å². The molecule has 2 saturated heterocycles. The number of benzene rings is 1. The number of sulfone groups is 1. The van der Waals surface area contributed by atoms with Gasteiger partial charge in [0.05, 0.1) is 11.5 Å². The van der Waals surface area contributed by atoms with Crippen LogP contribution in [-0.4, -0.2) is 56.5 Å². The first-order valence-corrected chi connectivity index (χ1v) is 10.6. The topological polar surface area (TPSA) is 49.4 Å². The Morgan fingerprint density at radius 2 is 1.91 bits per heavy atom. The van der Waals surface area contributed by atoms with Crippen molar-refractivity contribution < 1.29 is 8.42 Å². The van der Waals surface area contributed by atoms with E-state index in [1.54, 1.807) is 0 Å². The van der Waals surface area contributed by atoms with Gasteiger partial charge >= 0.3 is 0 Å². The van der Waals surface area contributed by atoms with E-state index in [0.29, 0.717) is 11.5 Å². The van der Waals surface area contributed by atoms with Crippen LogP contribution in [0, 0.1) is 6.92 Å². The van der Waals surface area contributed by atoms with E-state index in [4.69, 9.17) is 0 Å². The molecule has 0 radical (unpaired) electrons. The molecule has 5 heteroatoms. The predicted octanol–water partition coefficient (Wildman–Crippen LogP) is 1.78. The molecule has 3 rings (SSSR count). The molecule has 0 aliphatic carbocycles. The van der Waals surface area contributed by atoms with Crippen LogP contribution in [0.25, 0.3) is 0 Å². The highest BCUT2D eigenvalue weighted by atomic mass is 32.2. The Balaban J connectivity index is 1.51. The maximum absolute atomic E-state index is 12.0. The number of hydrogen-bond donors (Lipinski definition) is 1. The minimum Gasteiger partial charge on any atom is -0.311 e. The molecule has 2 fully saturated rings. The van der Waals surface area contributed by atoms with E-state index in [2.05, 4.69) is 41.4 Å². The SMILES string of the molecule is Cc1ccccc1CCCN[C@H]1CS(=O)(=O)C[C@@H]1N1CCCC1. The van der Waals surface area contributed by atoms with Crippen molar-refractivity contribution in [1.82, 2.24) is 10.2 Å². The molecule has 2 aliphatic rings. The molecule has 1 N–H and O–H groups in total. The van der Waals surface area contributed by atoms with Gasteiger partial charge < -0.3 is 5.32 Å². The average Bonchev–Trinajstić information content (AvgIpc) is 3.12. The molecule has 0 unspecified atom stereocenters. The van der Waals surface area contributed by atoms with Crippen molar-refractivity contribution in [2.24, 2.45) is 0 Å². The van der Waals surface area contributed by atoms with Gasteiger partial charge in [-0.15, -0.1) is 0 Å². The zero-order valence-electron chi connectivity index (χ0n) is 14.0. The summed E-state index contributed by atoms with van der Waals surface area (Å²) >= 11 is 0. The van der Waals surface area contributed by atoms with Gasteiger partial charge in [0.1, 0.15) is 0 Å². The Bertz CT molecular complexity index is 624. The molecular formula is C18H28N2O2S. The molecule has 23 heavy (non-hydrogen) atoms. The lowest BCUT2D eigenvalue weighted by Crippen LogP contribution is -2.48. The maximum Gasteiger partial charge on any atom is 0.153 e. The van der Waals surface area contributed by atoms with Gasteiger partial charge in [0.25, 0.3) is 0 Å². The summed E-state index contributed by atoms with van der Waals surface area (Å²) in [7, 11) is -2.88. The summed E-state index contributed by atoms with van der Waals surface area (Å²) in [6.45, 7) is 5.15. The summed E-state index contributed by atoms with van der Waals surface area (Å²) < 4.78 is 24.1. The highest BCUT2D eigenvalue weighted by Gasteiger charge is 2.41. The molecule has 4 nitrogen and oxygen atoms in total. The summed E-state index contributed by atoms with van der Waals surface area (Å²) in [4.78, 5) is 2.38. The van der Waals surface area contributed by atoms with Gasteiger partial charge in [-0.05, 0) is 63.4 Å². The Hall–Kier alpha value is -0.910. The van der Waals surface area contributed by atoms with E-state index in [1.165, 1.54) is 24.0 Å². The van der Waals surface area contributed by atoms with Gasteiger partial charge in [-0.2, -0.15) is 0 Å². The van der Waals surface area contributed by atoms with Gasteiger partial charge in [-0.3, -0.25) is 4.90 Å². The van der Waals surface area contributed by atoms with Gasteiger partial charge in [-0.1, -0.05) is 24.3 Å². The second-order valence-corrected chi connectivity index (χ2v) is 9.13. The maximum atomic E-state index is 12.0. The standard InChI is InChI=1S/C18H28N2O2S/c1-15-7-2-3-8-16(15)9-6-10-19-17-13-23(21,22)14-18(17)20-11-4-5-12-20/h2-3,7-8,17-19H,4-6,9-14H2,1H3/t17-,18-/m0/s1. The van der Waals surface area contributed by atoms with Crippen LogP contribution in [0.5, 0.6) is 0 Å². The Labute approximate surface area is 140 Å². The summed E-state index contributed by atoms with van der Waals surface area (Å²) in [5.74, 6) is 0.640. The minimum absolute atomic E-state index is 0.106. The first-order chi connectivity index (χ1) is 11.1. The van der Waals surface area contributed by atoms with Crippen LogP contribution in [0.1, 0.15) is 30.4 Å². The quantitative estimate of drug-likeness (QED) is 0.805. The van der Waals surface area contributed by atoms with Crippen LogP contribution in [0.4, 0.5) is 0 Å². The van der Waals surface area contributed by atoms with E-state index in [-0.39, 0.29) is 12.1 Å². The van der Waals surface area contributed by atoms with Crippen LogP contribution in [-0.2, 0) is 16.3 Å². The van der Waals surface area contributed by atoms with Crippen molar-refractivity contribution in [2.45, 2.75) is 44.7 Å². The van der Waals surface area contributed by atoms with Gasteiger partial charge in [0.2, 0.25) is 0 Å². The summed E-state index contributed by atoms with van der Waals surface area (Å²) in [6.07, 6.45) is 4.51. The number of rotatable bonds is 6. The molecule has 1 aromatic rings. The third kappa shape index (κ3) is 4.34. The molecule has 0 spiro atoms. The monoisotopic (exact) mass is 336 g/mol. The highest BCUT2D eigenvalue weighted by Crippen LogP contribution is 2.22. The number of hydrogen-bond acceptors (Lipinski definition) is 4. The summed E-state index contributed by atoms with van der Waals surface area (Å²) in [5, 5.41) is 3.53. The largest absolute Gasteiger partial charge is 0.311 e. The Morgan fingerprint density at radius 3 is 2.65 bits per heavy atom. The smallest absolute Gasteiger partial charge is 0.153 e. The van der Waals surface area contributed by atoms with E-state index >= 15 is 0 Å². The summed E-state index contributed by atoms with van der Waals surface area (Å²) in [5.41, 5.74) is 2.73. The Morgan fingerprint density at radius 1 is 1.17 bits per heavy atom. The fourth-order valence-corrected chi connectivity index (χ4v) is 5.90. The fourth-order valence-electron chi connectivity index (χ4n) is 3.91. The normalized spacial score (nSPS) is 27.5. The number of likely N-dealkylation sites (tertiary alicyclic amines) is 1. The molecule has 0 bridgehead atoms. The lowest BCUT2D eigenvalue weighted by Gasteiger charge is -2.28. The van der Waals surface area contributed by atoms with Gasteiger partial charge in [0.15, 0.2) is 9.84 Å². The van der Waals surface area contributed by atoms with Crippen molar-refractivity contribution in [3.63, 3.8) is 0 Å². The molecule has 2 atom stereocenters. The third-order valence-corrected chi connectivity index (χ3v) is 6.94. The second kappa shape index (κ2) is 7.32. The molecule has 0 amide bonds. The summed E-state index contributed by atoms with van der Waals surface area (Å²) in [6, 6.07) is 8.78. The van der Waals surface area contributed by atoms with Crippen molar-refractivity contribution in [2.75, 3.05) is 31.1 Å². The molecule has 0 aromatic heterocycles. The van der Waals surface area contributed by atoms with Crippen LogP contribution in [0.2, 0.25) is 0 Å². The number of nitrogens with one attached hydrogen (secondary N) is 1. The Kier molecular flexibility index (Phi) is 5.39. The molecule has 1 aromatic carbocycles. The van der Waals surface area contributed by atoms with E-state index in [1.807, 2.05) is 0 Å². The highest BCUT2D eigenvalue weighted by molar-refractivity contribution is 7.91.